The molecule has 6 nitrogen and oxygen atoms in total. The van der Waals surface area contributed by atoms with Crippen LogP contribution in [0.5, 0.6) is 5.75 Å². The smallest absolute Gasteiger partial charge is 0.305 e. The highest BCUT2D eigenvalue weighted by Crippen LogP contribution is 2.27. The van der Waals surface area contributed by atoms with Gasteiger partial charge in [-0.3, -0.25) is 4.79 Å². The van der Waals surface area contributed by atoms with Crippen LogP contribution in [-0.2, 0) is 16.0 Å². The number of carbonyl (C=O) groups excluding carboxylic acids is 1. The lowest BCUT2D eigenvalue weighted by molar-refractivity contribution is -0.140. The third-order valence-electron chi connectivity index (χ3n) is 2.55. The van der Waals surface area contributed by atoms with Crippen molar-refractivity contribution in [2.75, 3.05) is 7.11 Å². The summed E-state index contributed by atoms with van der Waals surface area (Å²) in [6, 6.07) is 4.75. The van der Waals surface area contributed by atoms with Crippen molar-refractivity contribution in [3.05, 3.63) is 35.3 Å². The monoisotopic (exact) mass is 291 g/mol. The Morgan fingerprint density at radius 2 is 2.30 bits per heavy atom. The van der Waals surface area contributed by atoms with Gasteiger partial charge in [0.1, 0.15) is 5.75 Å². The van der Waals surface area contributed by atoms with E-state index < -0.39 is 0 Å². The number of hydrogen-bond acceptors (Lipinski definition) is 7. The van der Waals surface area contributed by atoms with E-state index >= 15 is 0 Å². The van der Waals surface area contributed by atoms with Gasteiger partial charge in [-0.05, 0) is 30.2 Å². The summed E-state index contributed by atoms with van der Waals surface area (Å²) in [6.07, 6.45) is 2.29. The maximum Gasteiger partial charge on any atom is 0.305 e. The van der Waals surface area contributed by atoms with Crippen LogP contribution in [0.1, 0.15) is 12.0 Å². The Labute approximate surface area is 119 Å². The van der Waals surface area contributed by atoms with E-state index in [9.17, 15) is 9.90 Å². The predicted octanol–water partition coefficient (Wildman–Crippen LogP) is 3.37. The molecule has 0 saturated carbocycles. The van der Waals surface area contributed by atoms with Crippen LogP contribution in [0.2, 0.25) is 0 Å². The summed E-state index contributed by atoms with van der Waals surface area (Å²) < 4.78 is 4.60. The van der Waals surface area contributed by atoms with Gasteiger partial charge in [-0.25, -0.2) is 4.98 Å². The summed E-state index contributed by atoms with van der Waals surface area (Å²) >= 11 is 1.38. The minimum atomic E-state index is -0.309. The van der Waals surface area contributed by atoms with Crippen molar-refractivity contribution >= 4 is 28.1 Å². The van der Waals surface area contributed by atoms with Crippen LogP contribution in [0.25, 0.3) is 0 Å². The molecule has 1 N–H and O–H groups in total. The highest BCUT2D eigenvalue weighted by molar-refractivity contribution is 7.13. The highest BCUT2D eigenvalue weighted by atomic mass is 32.1. The van der Waals surface area contributed by atoms with Crippen LogP contribution in [-0.4, -0.2) is 23.2 Å². The van der Waals surface area contributed by atoms with E-state index in [0.29, 0.717) is 17.2 Å². The Bertz CT molecular complexity index is 611. The van der Waals surface area contributed by atoms with Gasteiger partial charge in [0.15, 0.2) is 0 Å². The first-order valence-corrected chi connectivity index (χ1v) is 6.77. The number of esters is 1. The van der Waals surface area contributed by atoms with Crippen LogP contribution in [0.15, 0.2) is 40.0 Å². The summed E-state index contributed by atoms with van der Waals surface area (Å²) in [5.74, 6) is -0.186. The van der Waals surface area contributed by atoms with Crippen molar-refractivity contribution in [2.45, 2.75) is 12.8 Å². The number of benzene rings is 1. The van der Waals surface area contributed by atoms with E-state index in [1.165, 1.54) is 24.5 Å². The van der Waals surface area contributed by atoms with Crippen LogP contribution < -0.4 is 0 Å². The molecule has 0 bridgehead atoms. The fourth-order valence-electron chi connectivity index (χ4n) is 1.57. The van der Waals surface area contributed by atoms with Crippen molar-refractivity contribution in [1.29, 1.82) is 0 Å². The predicted molar refractivity (Wildman–Crippen MR) is 74.7 cm³/mol. The Balaban J connectivity index is 2.17. The quantitative estimate of drug-likeness (QED) is 0.676. The van der Waals surface area contributed by atoms with E-state index in [2.05, 4.69) is 19.9 Å². The largest absolute Gasteiger partial charge is 0.508 e. The second-order valence-electron chi connectivity index (χ2n) is 3.90. The molecular formula is C13H13N3O3S. The Morgan fingerprint density at radius 3 is 3.00 bits per heavy atom. The van der Waals surface area contributed by atoms with Gasteiger partial charge in [-0.15, -0.1) is 21.6 Å². The molecule has 20 heavy (non-hydrogen) atoms. The SMILES string of the molecule is COC(=O)CCc1cc(O)ccc1/N=N/c1nccs1. The third kappa shape index (κ3) is 3.86. The van der Waals surface area contributed by atoms with Gasteiger partial charge in [0.25, 0.3) is 0 Å². The lowest BCUT2D eigenvalue weighted by atomic mass is 10.1. The van der Waals surface area contributed by atoms with Crippen molar-refractivity contribution < 1.29 is 14.6 Å². The number of aromatic hydroxyl groups is 1. The minimum absolute atomic E-state index is 0.123. The molecule has 1 aromatic heterocycles. The molecule has 0 aliphatic rings. The number of phenols is 1. The average Bonchev–Trinajstić information content (AvgIpc) is 2.97. The van der Waals surface area contributed by atoms with Gasteiger partial charge in [0, 0.05) is 18.0 Å². The lowest BCUT2D eigenvalue weighted by Crippen LogP contribution is -2.01. The lowest BCUT2D eigenvalue weighted by Gasteiger charge is -2.04. The number of phenolic OH excluding ortho intramolecular Hbond substituents is 1. The first kappa shape index (κ1) is 14.1. The third-order valence-corrected chi connectivity index (χ3v) is 3.21. The van der Waals surface area contributed by atoms with Gasteiger partial charge >= 0.3 is 5.97 Å². The fraction of sp³-hybridized carbons (Fsp3) is 0.231. The molecule has 0 radical (unpaired) electrons. The fourth-order valence-corrected chi connectivity index (χ4v) is 2.02. The zero-order valence-electron chi connectivity index (χ0n) is 10.8. The number of azo groups is 1. The molecule has 0 fully saturated rings. The van der Waals surface area contributed by atoms with Gasteiger partial charge in [0.2, 0.25) is 5.13 Å². The number of aromatic nitrogens is 1. The zero-order valence-corrected chi connectivity index (χ0v) is 11.6. The molecule has 1 aromatic carbocycles. The van der Waals surface area contributed by atoms with Crippen LogP contribution in [0.4, 0.5) is 10.8 Å². The van der Waals surface area contributed by atoms with Crippen molar-refractivity contribution in [2.24, 2.45) is 10.2 Å². The summed E-state index contributed by atoms with van der Waals surface area (Å²) in [4.78, 5) is 15.2. The van der Waals surface area contributed by atoms with Crippen molar-refractivity contribution in [3.8, 4) is 5.75 Å². The second-order valence-corrected chi connectivity index (χ2v) is 4.78. The zero-order chi connectivity index (χ0) is 14.4. The van der Waals surface area contributed by atoms with Crippen LogP contribution >= 0.6 is 11.3 Å². The molecule has 0 unspecified atom stereocenters. The van der Waals surface area contributed by atoms with E-state index in [4.69, 9.17) is 0 Å². The molecular weight excluding hydrogens is 278 g/mol. The summed E-state index contributed by atoms with van der Waals surface area (Å²) in [5.41, 5.74) is 1.33. The van der Waals surface area contributed by atoms with Crippen molar-refractivity contribution in [1.82, 2.24) is 4.98 Å². The number of thiazole rings is 1. The molecule has 0 spiro atoms. The molecule has 2 rings (SSSR count). The van der Waals surface area contributed by atoms with Crippen LogP contribution in [0.3, 0.4) is 0 Å². The van der Waals surface area contributed by atoms with Crippen molar-refractivity contribution in [3.63, 3.8) is 0 Å². The molecule has 2 aromatic rings. The second kappa shape index (κ2) is 6.76. The molecule has 104 valence electrons. The van der Waals surface area contributed by atoms with E-state index in [0.717, 1.165) is 5.56 Å². The number of nitrogens with zero attached hydrogens (tertiary/aromatic N) is 3. The molecule has 1 heterocycles. The number of carbonyl (C=O) groups is 1. The van der Waals surface area contributed by atoms with Gasteiger partial charge in [0.05, 0.1) is 12.8 Å². The number of hydrogen-bond donors (Lipinski definition) is 1. The average molecular weight is 291 g/mol. The molecule has 0 aliphatic carbocycles. The Hall–Kier alpha value is -2.28. The maximum atomic E-state index is 11.2. The number of rotatable bonds is 5. The Morgan fingerprint density at radius 1 is 1.45 bits per heavy atom. The Kier molecular flexibility index (Phi) is 4.78. The topological polar surface area (TPSA) is 84.1 Å². The van der Waals surface area contributed by atoms with Crippen LogP contribution in [0, 0.1) is 0 Å². The van der Waals surface area contributed by atoms with E-state index in [-0.39, 0.29) is 18.1 Å². The molecule has 0 aliphatic heterocycles. The van der Waals surface area contributed by atoms with E-state index in [1.807, 2.05) is 5.38 Å². The summed E-state index contributed by atoms with van der Waals surface area (Å²) in [6.45, 7) is 0. The molecule has 0 saturated heterocycles. The summed E-state index contributed by atoms with van der Waals surface area (Å²) in [5, 5.41) is 20.0. The first-order chi connectivity index (χ1) is 9.69. The minimum Gasteiger partial charge on any atom is -0.508 e. The molecule has 7 heteroatoms. The summed E-state index contributed by atoms with van der Waals surface area (Å²) in [7, 11) is 1.34. The molecule has 0 atom stereocenters. The highest BCUT2D eigenvalue weighted by Gasteiger charge is 2.07. The normalized spacial score (nSPS) is 10.8. The molecule has 0 amide bonds. The van der Waals surface area contributed by atoms with Gasteiger partial charge < -0.3 is 9.84 Å². The maximum absolute atomic E-state index is 11.2. The van der Waals surface area contributed by atoms with E-state index in [1.54, 1.807) is 18.3 Å². The van der Waals surface area contributed by atoms with Gasteiger partial charge in [-0.2, -0.15) is 0 Å². The number of methoxy groups -OCH3 is 1. The number of aryl methyl sites for hydroxylation is 1. The number of ether oxygens (including phenoxy) is 1. The standard InChI is InChI=1S/C13H13N3O3S/c1-19-12(18)5-2-9-8-10(17)3-4-11(9)15-16-13-14-6-7-20-13/h3-4,6-8,17H,2,5H2,1H3/b16-15+. The van der Waals surface area contributed by atoms with Gasteiger partial charge in [-0.1, -0.05) is 0 Å². The first-order valence-electron chi connectivity index (χ1n) is 5.89.